The predicted octanol–water partition coefficient (Wildman–Crippen LogP) is 2.46. The zero-order valence-electron chi connectivity index (χ0n) is 15.1. The average molecular weight is 341 g/mol. The Bertz CT molecular complexity index is 751. The summed E-state index contributed by atoms with van der Waals surface area (Å²) in [4.78, 5) is 22.5. The van der Waals surface area contributed by atoms with Gasteiger partial charge in [0.05, 0.1) is 17.6 Å². The van der Waals surface area contributed by atoms with Crippen LogP contribution in [0.5, 0.6) is 0 Å². The molecule has 2 aliphatic heterocycles. The molecule has 0 bridgehead atoms. The largest absolute Gasteiger partial charge is 0.340 e. The van der Waals surface area contributed by atoms with Crippen LogP contribution in [0, 0.1) is 19.3 Å². The van der Waals surface area contributed by atoms with Crippen molar-refractivity contribution in [2.75, 3.05) is 26.2 Å². The number of likely N-dealkylation sites (tertiary alicyclic amines) is 1. The number of aromatic nitrogens is 2. The predicted molar refractivity (Wildman–Crippen MR) is 98.5 cm³/mol. The number of hydrogen-bond acceptors (Lipinski definition) is 3. The fraction of sp³-hybridized carbons (Fsp3) is 0.579. The third kappa shape index (κ3) is 3.23. The first-order valence-electron chi connectivity index (χ1n) is 9.24. The van der Waals surface area contributed by atoms with E-state index < -0.39 is 0 Å². The lowest BCUT2D eigenvalue weighted by molar-refractivity contribution is 0.118. The molecule has 2 amide bonds. The van der Waals surface area contributed by atoms with E-state index in [9.17, 15) is 4.79 Å². The lowest BCUT2D eigenvalue weighted by Gasteiger charge is -2.39. The van der Waals surface area contributed by atoms with Crippen LogP contribution in [0.3, 0.4) is 0 Å². The quantitative estimate of drug-likeness (QED) is 0.786. The topological polar surface area (TPSA) is 73.1 Å². The molecule has 1 aromatic carbocycles. The smallest absolute Gasteiger partial charge is 0.317 e. The minimum absolute atomic E-state index is 0.0267. The first-order chi connectivity index (χ1) is 12.0. The number of carbonyl (C=O) groups is 1. The molecule has 25 heavy (non-hydrogen) atoms. The van der Waals surface area contributed by atoms with Crippen LogP contribution in [0.2, 0.25) is 0 Å². The molecule has 1 aromatic heterocycles. The Morgan fingerprint density at radius 3 is 2.96 bits per heavy atom. The minimum atomic E-state index is 0.0267. The molecule has 2 fully saturated rings. The van der Waals surface area contributed by atoms with Crippen molar-refractivity contribution < 1.29 is 4.79 Å². The summed E-state index contributed by atoms with van der Waals surface area (Å²) < 4.78 is 0. The molecular formula is C19H27N5O. The molecule has 3 heterocycles. The number of rotatable bonds is 2. The van der Waals surface area contributed by atoms with Crippen molar-refractivity contribution in [3.05, 3.63) is 29.1 Å². The highest BCUT2D eigenvalue weighted by Crippen LogP contribution is 2.35. The maximum Gasteiger partial charge on any atom is 0.317 e. The fourth-order valence-electron chi connectivity index (χ4n) is 4.20. The number of nitrogens with one attached hydrogen (secondary N) is 3. The van der Waals surface area contributed by atoms with Crippen LogP contribution in [-0.4, -0.2) is 47.1 Å². The number of carbonyl (C=O) groups excluding carboxylic acids is 1. The lowest BCUT2D eigenvalue weighted by atomic mass is 9.79. The fourth-order valence-corrected chi connectivity index (χ4v) is 4.20. The van der Waals surface area contributed by atoms with Gasteiger partial charge in [-0.15, -0.1) is 0 Å². The second-order valence-corrected chi connectivity index (χ2v) is 7.75. The first-order valence-corrected chi connectivity index (χ1v) is 9.24. The molecule has 0 unspecified atom stereocenters. The molecule has 1 atom stereocenters. The van der Waals surface area contributed by atoms with Crippen molar-refractivity contribution in [1.82, 2.24) is 25.5 Å². The summed E-state index contributed by atoms with van der Waals surface area (Å²) in [5.74, 6) is 0.808. The summed E-state index contributed by atoms with van der Waals surface area (Å²) in [5.41, 5.74) is 4.76. The number of H-pyrrole nitrogens is 1. The monoisotopic (exact) mass is 341 g/mol. The van der Waals surface area contributed by atoms with Crippen LogP contribution in [0.15, 0.2) is 12.1 Å². The molecule has 1 spiro atoms. The van der Waals surface area contributed by atoms with E-state index in [4.69, 9.17) is 0 Å². The van der Waals surface area contributed by atoms with Gasteiger partial charge in [-0.05, 0) is 62.9 Å². The van der Waals surface area contributed by atoms with Crippen LogP contribution in [0.4, 0.5) is 4.79 Å². The molecule has 2 aromatic rings. The van der Waals surface area contributed by atoms with Crippen LogP contribution < -0.4 is 10.6 Å². The third-order valence-electron chi connectivity index (χ3n) is 5.83. The van der Waals surface area contributed by atoms with Crippen LogP contribution in [-0.2, 0) is 6.54 Å². The lowest BCUT2D eigenvalue weighted by Crippen LogP contribution is -2.50. The van der Waals surface area contributed by atoms with Crippen LogP contribution in [0.25, 0.3) is 11.0 Å². The van der Waals surface area contributed by atoms with Gasteiger partial charge in [0.15, 0.2) is 0 Å². The number of amides is 2. The molecule has 134 valence electrons. The normalized spacial score (nSPS) is 23.5. The molecule has 6 nitrogen and oxygen atoms in total. The summed E-state index contributed by atoms with van der Waals surface area (Å²) in [7, 11) is 0. The molecule has 2 aliphatic rings. The zero-order valence-corrected chi connectivity index (χ0v) is 15.1. The average Bonchev–Trinajstić information content (AvgIpc) is 3.20. The third-order valence-corrected chi connectivity index (χ3v) is 5.83. The van der Waals surface area contributed by atoms with E-state index in [0.29, 0.717) is 12.0 Å². The molecule has 4 rings (SSSR count). The number of piperidine rings is 1. The van der Waals surface area contributed by atoms with Crippen molar-refractivity contribution in [1.29, 1.82) is 0 Å². The second kappa shape index (κ2) is 6.33. The van der Waals surface area contributed by atoms with E-state index in [1.54, 1.807) is 0 Å². The number of hydrogen-bond donors (Lipinski definition) is 3. The Kier molecular flexibility index (Phi) is 4.15. The van der Waals surface area contributed by atoms with Gasteiger partial charge in [0, 0.05) is 25.0 Å². The van der Waals surface area contributed by atoms with Crippen molar-refractivity contribution in [2.24, 2.45) is 5.41 Å². The first kappa shape index (κ1) is 16.4. The van der Waals surface area contributed by atoms with E-state index in [1.165, 1.54) is 24.0 Å². The highest BCUT2D eigenvalue weighted by Gasteiger charge is 2.39. The van der Waals surface area contributed by atoms with E-state index in [1.807, 2.05) is 4.90 Å². The number of nitrogens with zero attached hydrogens (tertiary/aromatic N) is 2. The van der Waals surface area contributed by atoms with Gasteiger partial charge in [-0.2, -0.15) is 0 Å². The van der Waals surface area contributed by atoms with Gasteiger partial charge in [-0.25, -0.2) is 9.78 Å². The number of fused-ring (bicyclic) bond motifs is 1. The summed E-state index contributed by atoms with van der Waals surface area (Å²) in [6.07, 6.45) is 3.50. The van der Waals surface area contributed by atoms with E-state index >= 15 is 0 Å². The van der Waals surface area contributed by atoms with Gasteiger partial charge in [0.2, 0.25) is 0 Å². The number of aryl methyl sites for hydroxylation is 2. The maximum absolute atomic E-state index is 12.6. The standard InChI is InChI=1S/C19H27N5O/c1-13-8-15-16(9-14(13)2)23-17(22-15)10-21-18(25)24-7-3-4-19(12-24)5-6-20-11-19/h8-9,20H,3-7,10-12H2,1-2H3,(H,21,25)(H,22,23)/t19-/m1/s1. The van der Waals surface area contributed by atoms with Gasteiger partial charge in [0.25, 0.3) is 0 Å². The van der Waals surface area contributed by atoms with Gasteiger partial charge in [-0.3, -0.25) is 0 Å². The Hall–Kier alpha value is -2.08. The molecular weight excluding hydrogens is 314 g/mol. The summed E-state index contributed by atoms with van der Waals surface area (Å²) >= 11 is 0. The summed E-state index contributed by atoms with van der Waals surface area (Å²) in [5, 5.41) is 6.49. The van der Waals surface area contributed by atoms with E-state index in [-0.39, 0.29) is 6.03 Å². The Balaban J connectivity index is 1.40. The molecule has 0 aliphatic carbocycles. The number of imidazole rings is 1. The minimum Gasteiger partial charge on any atom is -0.340 e. The summed E-state index contributed by atoms with van der Waals surface area (Å²) in [6.45, 7) is 8.46. The van der Waals surface area contributed by atoms with Crippen molar-refractivity contribution in [3.8, 4) is 0 Å². The highest BCUT2D eigenvalue weighted by molar-refractivity contribution is 5.77. The molecule has 3 N–H and O–H groups in total. The van der Waals surface area contributed by atoms with Gasteiger partial charge in [0.1, 0.15) is 5.82 Å². The Morgan fingerprint density at radius 2 is 2.16 bits per heavy atom. The molecule has 2 saturated heterocycles. The highest BCUT2D eigenvalue weighted by atomic mass is 16.2. The zero-order chi connectivity index (χ0) is 17.4. The van der Waals surface area contributed by atoms with Gasteiger partial charge >= 0.3 is 6.03 Å². The molecule has 0 radical (unpaired) electrons. The van der Waals surface area contributed by atoms with Crippen molar-refractivity contribution in [3.63, 3.8) is 0 Å². The van der Waals surface area contributed by atoms with Crippen molar-refractivity contribution in [2.45, 2.75) is 39.7 Å². The van der Waals surface area contributed by atoms with Crippen LogP contribution >= 0.6 is 0 Å². The number of aromatic amines is 1. The Labute approximate surface area is 148 Å². The SMILES string of the molecule is Cc1cc2nc(CNC(=O)N3CCC[C@]4(CCNC4)C3)[nH]c2cc1C. The molecule has 6 heteroatoms. The second-order valence-electron chi connectivity index (χ2n) is 7.75. The summed E-state index contributed by atoms with van der Waals surface area (Å²) in [6, 6.07) is 4.23. The molecule has 0 saturated carbocycles. The van der Waals surface area contributed by atoms with Crippen LogP contribution in [0.1, 0.15) is 36.2 Å². The number of benzene rings is 1. The van der Waals surface area contributed by atoms with Crippen molar-refractivity contribution >= 4 is 17.1 Å². The van der Waals surface area contributed by atoms with Gasteiger partial charge in [-0.1, -0.05) is 0 Å². The number of urea groups is 1. The van der Waals surface area contributed by atoms with Gasteiger partial charge < -0.3 is 20.5 Å². The van der Waals surface area contributed by atoms with E-state index in [2.05, 4.69) is 46.6 Å². The maximum atomic E-state index is 12.6. The Morgan fingerprint density at radius 1 is 1.32 bits per heavy atom. The van der Waals surface area contributed by atoms with E-state index in [0.717, 1.165) is 49.5 Å².